The number of hydrogen-bond acceptors (Lipinski definition) is 3. The molecule has 188 valence electrons. The van der Waals surface area contributed by atoms with Crippen LogP contribution in [0.25, 0.3) is 21.9 Å². The first-order chi connectivity index (χ1) is 17.5. The number of aliphatic hydroxyl groups is 1. The van der Waals surface area contributed by atoms with Gasteiger partial charge in [-0.2, -0.15) is 0 Å². The monoisotopic (exact) mass is 484 g/mol. The summed E-state index contributed by atoms with van der Waals surface area (Å²) in [6.07, 6.45) is 10.8. The maximum Gasteiger partial charge on any atom is 0.336 e. The molecule has 4 aliphatic carbocycles. The lowest BCUT2D eigenvalue weighted by atomic mass is 9.48. The molecule has 2 N–H and O–H groups in total. The van der Waals surface area contributed by atoms with Gasteiger partial charge in [0.1, 0.15) is 5.75 Å². The smallest absolute Gasteiger partial charge is 0.336 e. The van der Waals surface area contributed by atoms with Crippen molar-refractivity contribution in [1.82, 2.24) is 0 Å². The molecule has 3 aromatic rings. The van der Waals surface area contributed by atoms with Gasteiger partial charge in [0.25, 0.3) is 0 Å². The first-order valence-corrected chi connectivity index (χ1v) is 13.7. The minimum atomic E-state index is -0.898. The van der Waals surface area contributed by atoms with E-state index in [9.17, 15) is 9.90 Å². The van der Waals surface area contributed by atoms with Crippen molar-refractivity contribution in [2.24, 2.45) is 17.8 Å². The fourth-order valence-corrected chi connectivity index (χ4v) is 7.91. The summed E-state index contributed by atoms with van der Waals surface area (Å²) in [6, 6.07) is 18.1. The molecule has 0 heterocycles. The Morgan fingerprint density at radius 3 is 2.28 bits per heavy atom. The molecule has 36 heavy (non-hydrogen) atoms. The summed E-state index contributed by atoms with van der Waals surface area (Å²) >= 11 is 0. The van der Waals surface area contributed by atoms with E-state index in [-0.39, 0.29) is 12.0 Å². The van der Waals surface area contributed by atoms with Gasteiger partial charge in [-0.05, 0) is 127 Å². The summed E-state index contributed by atoms with van der Waals surface area (Å²) < 4.78 is 6.49. The highest BCUT2D eigenvalue weighted by molar-refractivity contribution is 5.98. The number of unbranched alkanes of at least 4 members (excludes halogenated alkanes) is 2. The lowest BCUT2D eigenvalue weighted by molar-refractivity contribution is -0.00633. The molecule has 4 bridgehead atoms. The van der Waals surface area contributed by atoms with Gasteiger partial charge in [0.2, 0.25) is 0 Å². The van der Waals surface area contributed by atoms with Crippen LogP contribution in [0.15, 0.2) is 54.6 Å². The zero-order valence-electron chi connectivity index (χ0n) is 20.9. The predicted octanol–water partition coefficient (Wildman–Crippen LogP) is 7.21. The SMILES string of the molecule is O=C(O)c1ccccc1-c1ccc2cc(OCCCCCO)c(C34CC5CC(CC(C5)C3)C4)cc2c1. The molecule has 0 saturated heterocycles. The van der Waals surface area contributed by atoms with Crippen LogP contribution in [0.2, 0.25) is 0 Å². The van der Waals surface area contributed by atoms with Crippen LogP contribution in [-0.4, -0.2) is 29.4 Å². The molecular formula is C32H36O4. The molecule has 0 aromatic heterocycles. The number of benzene rings is 3. The number of carboxylic acid groups (broad SMARTS) is 1. The molecular weight excluding hydrogens is 448 g/mol. The van der Waals surface area contributed by atoms with E-state index in [2.05, 4.69) is 24.3 Å². The molecule has 0 unspecified atom stereocenters. The number of ether oxygens (including phenoxy) is 1. The van der Waals surface area contributed by atoms with E-state index in [4.69, 9.17) is 9.84 Å². The van der Waals surface area contributed by atoms with E-state index in [1.807, 2.05) is 18.2 Å². The Kier molecular flexibility index (Phi) is 6.25. The minimum Gasteiger partial charge on any atom is -0.493 e. The number of aromatic carboxylic acids is 1. The number of carboxylic acids is 1. The van der Waals surface area contributed by atoms with Crippen LogP contribution >= 0.6 is 0 Å². The summed E-state index contributed by atoms with van der Waals surface area (Å²) in [7, 11) is 0. The van der Waals surface area contributed by atoms with Gasteiger partial charge in [-0.15, -0.1) is 0 Å². The first kappa shape index (κ1) is 23.5. The highest BCUT2D eigenvalue weighted by Crippen LogP contribution is 2.62. The summed E-state index contributed by atoms with van der Waals surface area (Å²) in [5.74, 6) is 2.67. The second-order valence-corrected chi connectivity index (χ2v) is 11.6. The molecule has 3 aromatic carbocycles. The third-order valence-electron chi connectivity index (χ3n) is 9.08. The molecule has 0 atom stereocenters. The van der Waals surface area contributed by atoms with Crippen LogP contribution in [0.3, 0.4) is 0 Å². The zero-order chi connectivity index (χ0) is 24.7. The third-order valence-corrected chi connectivity index (χ3v) is 9.08. The lowest BCUT2D eigenvalue weighted by Crippen LogP contribution is -2.48. The number of aliphatic hydroxyl groups excluding tert-OH is 1. The van der Waals surface area contributed by atoms with Crippen LogP contribution in [0.5, 0.6) is 5.75 Å². The Bertz CT molecular complexity index is 1240. The second-order valence-electron chi connectivity index (χ2n) is 11.6. The Labute approximate surface area is 213 Å². The largest absolute Gasteiger partial charge is 0.493 e. The molecule has 7 rings (SSSR count). The molecule has 4 heteroatoms. The van der Waals surface area contributed by atoms with Gasteiger partial charge in [0.15, 0.2) is 0 Å². The second kappa shape index (κ2) is 9.55. The maximum atomic E-state index is 11.9. The van der Waals surface area contributed by atoms with Crippen LogP contribution in [0.1, 0.15) is 73.7 Å². The van der Waals surface area contributed by atoms with Crippen LogP contribution < -0.4 is 4.74 Å². The van der Waals surface area contributed by atoms with Crippen molar-refractivity contribution in [3.8, 4) is 16.9 Å². The maximum absolute atomic E-state index is 11.9. The normalized spacial score (nSPS) is 26.4. The summed E-state index contributed by atoms with van der Waals surface area (Å²) in [5.41, 5.74) is 3.61. The molecule has 4 nitrogen and oxygen atoms in total. The van der Waals surface area contributed by atoms with E-state index >= 15 is 0 Å². The van der Waals surface area contributed by atoms with Crippen molar-refractivity contribution >= 4 is 16.7 Å². The van der Waals surface area contributed by atoms with E-state index in [0.29, 0.717) is 12.2 Å². The molecule has 4 saturated carbocycles. The fraction of sp³-hybridized carbons (Fsp3) is 0.469. The average molecular weight is 485 g/mol. The number of rotatable bonds is 9. The van der Waals surface area contributed by atoms with Crippen LogP contribution in [-0.2, 0) is 5.41 Å². The van der Waals surface area contributed by atoms with E-state index in [0.717, 1.165) is 64.7 Å². The van der Waals surface area contributed by atoms with Gasteiger partial charge < -0.3 is 14.9 Å². The Morgan fingerprint density at radius 2 is 1.58 bits per heavy atom. The molecule has 4 fully saturated rings. The summed E-state index contributed by atoms with van der Waals surface area (Å²) in [6.45, 7) is 0.913. The minimum absolute atomic E-state index is 0.207. The third kappa shape index (κ3) is 4.30. The number of carbonyl (C=O) groups is 1. The van der Waals surface area contributed by atoms with Gasteiger partial charge in [0.05, 0.1) is 12.2 Å². The zero-order valence-corrected chi connectivity index (χ0v) is 20.9. The van der Waals surface area contributed by atoms with Gasteiger partial charge in [0, 0.05) is 12.2 Å². The molecule has 0 radical (unpaired) electrons. The Balaban J connectivity index is 1.42. The van der Waals surface area contributed by atoms with Crippen molar-refractivity contribution in [2.45, 2.75) is 63.2 Å². The van der Waals surface area contributed by atoms with E-state index in [1.54, 1.807) is 12.1 Å². The van der Waals surface area contributed by atoms with Gasteiger partial charge in [-0.1, -0.05) is 30.3 Å². The standard InChI is InChI=1S/C32H36O4/c33-10-4-1-5-11-36-30-17-24-8-9-25(27-6-2-3-7-28(27)31(34)35)15-26(24)16-29(30)32-18-21-12-22(19-32)14-23(13-21)20-32/h2-3,6-9,15-17,21-23,33H,1,4-5,10-14,18-20H2,(H,34,35). The Morgan fingerprint density at radius 1 is 0.861 bits per heavy atom. The van der Waals surface area contributed by atoms with Crippen molar-refractivity contribution in [1.29, 1.82) is 0 Å². The van der Waals surface area contributed by atoms with Crippen LogP contribution in [0, 0.1) is 17.8 Å². The molecule has 0 spiro atoms. The van der Waals surface area contributed by atoms with Crippen molar-refractivity contribution in [3.63, 3.8) is 0 Å². The van der Waals surface area contributed by atoms with Gasteiger partial charge in [-0.3, -0.25) is 0 Å². The number of hydrogen-bond donors (Lipinski definition) is 2. The Hall–Kier alpha value is -2.85. The summed E-state index contributed by atoms with van der Waals surface area (Å²) in [5, 5.41) is 21.1. The fourth-order valence-electron chi connectivity index (χ4n) is 7.91. The van der Waals surface area contributed by atoms with E-state index < -0.39 is 5.97 Å². The number of fused-ring (bicyclic) bond motifs is 1. The van der Waals surface area contributed by atoms with Crippen LogP contribution in [0.4, 0.5) is 0 Å². The molecule has 0 amide bonds. The highest BCUT2D eigenvalue weighted by atomic mass is 16.5. The van der Waals surface area contributed by atoms with Crippen molar-refractivity contribution in [3.05, 3.63) is 65.7 Å². The quantitative estimate of drug-likeness (QED) is 0.315. The molecule has 0 aliphatic heterocycles. The van der Waals surface area contributed by atoms with Gasteiger partial charge >= 0.3 is 5.97 Å². The van der Waals surface area contributed by atoms with E-state index in [1.165, 1.54) is 44.1 Å². The first-order valence-electron chi connectivity index (χ1n) is 13.7. The van der Waals surface area contributed by atoms with Crippen molar-refractivity contribution < 1.29 is 19.7 Å². The van der Waals surface area contributed by atoms with Gasteiger partial charge in [-0.25, -0.2) is 4.79 Å². The van der Waals surface area contributed by atoms with Crippen molar-refractivity contribution in [2.75, 3.05) is 13.2 Å². The summed E-state index contributed by atoms with van der Waals surface area (Å²) in [4.78, 5) is 11.9. The topological polar surface area (TPSA) is 66.8 Å². The molecule has 4 aliphatic rings. The predicted molar refractivity (Wildman–Crippen MR) is 143 cm³/mol. The highest BCUT2D eigenvalue weighted by Gasteiger charge is 2.52. The lowest BCUT2D eigenvalue weighted by Gasteiger charge is -2.57. The average Bonchev–Trinajstić information content (AvgIpc) is 2.87.